The van der Waals surface area contributed by atoms with Crippen molar-refractivity contribution >= 4 is 6.08 Å². The van der Waals surface area contributed by atoms with E-state index in [0.717, 1.165) is 5.56 Å². The summed E-state index contributed by atoms with van der Waals surface area (Å²) in [6.07, 6.45) is 7.11. The summed E-state index contributed by atoms with van der Waals surface area (Å²) in [5.41, 5.74) is 8.98. The lowest BCUT2D eigenvalue weighted by molar-refractivity contribution is 1.22. The van der Waals surface area contributed by atoms with Crippen LogP contribution in [0.4, 0.5) is 0 Å². The normalized spacial score (nSPS) is 9.67. The molecule has 0 unspecified atom stereocenters. The molecule has 0 aliphatic heterocycles. The van der Waals surface area contributed by atoms with Crippen LogP contribution in [0, 0.1) is 0 Å². The van der Waals surface area contributed by atoms with E-state index in [0.29, 0.717) is 6.54 Å². The third-order valence-electron chi connectivity index (χ3n) is 1.25. The highest BCUT2D eigenvalue weighted by Gasteiger charge is 1.81. The average molecular weight is 160 g/mol. The van der Waals surface area contributed by atoms with Crippen molar-refractivity contribution in [1.82, 2.24) is 4.98 Å². The maximum Gasteiger partial charge on any atom is 0.0443 e. The summed E-state index contributed by atoms with van der Waals surface area (Å²) in [6, 6.07) is 3.78. The summed E-state index contributed by atoms with van der Waals surface area (Å²) < 4.78 is 0. The molecule has 0 spiro atoms. The van der Waals surface area contributed by atoms with E-state index in [1.54, 1.807) is 18.5 Å². The lowest BCUT2D eigenvalue weighted by atomic mass is 10.3. The molecular formula is C8H8N4. The van der Waals surface area contributed by atoms with Crippen LogP contribution in [0.25, 0.3) is 16.5 Å². The van der Waals surface area contributed by atoms with Gasteiger partial charge in [-0.1, -0.05) is 23.3 Å². The highest BCUT2D eigenvalue weighted by molar-refractivity contribution is 5.47. The molecule has 0 saturated carbocycles. The number of hydrogen-bond donors (Lipinski definition) is 0. The molecule has 0 radical (unpaired) electrons. The van der Waals surface area contributed by atoms with E-state index in [2.05, 4.69) is 15.0 Å². The van der Waals surface area contributed by atoms with Crippen molar-refractivity contribution in [2.45, 2.75) is 0 Å². The summed E-state index contributed by atoms with van der Waals surface area (Å²) in [5, 5.41) is 3.36. The number of pyridine rings is 1. The molecule has 0 atom stereocenters. The Labute approximate surface area is 70.2 Å². The molecule has 12 heavy (non-hydrogen) atoms. The van der Waals surface area contributed by atoms with Crippen molar-refractivity contribution in [3.63, 3.8) is 0 Å². The first kappa shape index (κ1) is 8.30. The van der Waals surface area contributed by atoms with E-state index in [-0.39, 0.29) is 0 Å². The van der Waals surface area contributed by atoms with Gasteiger partial charge in [0.25, 0.3) is 0 Å². The Morgan fingerprint density at radius 3 is 3.25 bits per heavy atom. The Hall–Kier alpha value is -1.80. The maximum absolute atomic E-state index is 7.98. The predicted octanol–water partition coefficient (Wildman–Crippen LogP) is 2.41. The standard InChI is InChI=1S/C8H8N4/c9-12-11-6-2-4-8-3-1-5-10-7-8/h1-5,7H,6H2. The highest BCUT2D eigenvalue weighted by Crippen LogP contribution is 1.97. The lowest BCUT2D eigenvalue weighted by Crippen LogP contribution is -1.74. The number of aromatic nitrogens is 1. The molecule has 1 aromatic heterocycles. The zero-order valence-electron chi connectivity index (χ0n) is 6.46. The van der Waals surface area contributed by atoms with Crippen LogP contribution in [0.2, 0.25) is 0 Å². The minimum Gasteiger partial charge on any atom is -0.264 e. The molecule has 1 heterocycles. The van der Waals surface area contributed by atoms with Gasteiger partial charge in [0.2, 0.25) is 0 Å². The van der Waals surface area contributed by atoms with Crippen LogP contribution >= 0.6 is 0 Å². The predicted molar refractivity (Wildman–Crippen MR) is 47.3 cm³/mol. The van der Waals surface area contributed by atoms with Crippen molar-refractivity contribution in [3.8, 4) is 0 Å². The van der Waals surface area contributed by atoms with Gasteiger partial charge in [-0.15, -0.1) is 0 Å². The fourth-order valence-electron chi connectivity index (χ4n) is 0.747. The first-order valence-corrected chi connectivity index (χ1v) is 3.51. The Kier molecular flexibility index (Phi) is 3.41. The van der Waals surface area contributed by atoms with Crippen LogP contribution in [-0.4, -0.2) is 11.5 Å². The second-order valence-corrected chi connectivity index (χ2v) is 2.10. The van der Waals surface area contributed by atoms with Gasteiger partial charge in [-0.2, -0.15) is 0 Å². The van der Waals surface area contributed by atoms with Gasteiger partial charge in [0.1, 0.15) is 0 Å². The molecule has 0 N–H and O–H groups in total. The molecule has 4 nitrogen and oxygen atoms in total. The van der Waals surface area contributed by atoms with Crippen molar-refractivity contribution in [3.05, 3.63) is 46.6 Å². The van der Waals surface area contributed by atoms with E-state index < -0.39 is 0 Å². The Bertz CT molecular complexity index is 298. The second-order valence-electron chi connectivity index (χ2n) is 2.10. The van der Waals surface area contributed by atoms with Crippen LogP contribution in [0.1, 0.15) is 5.56 Å². The van der Waals surface area contributed by atoms with Crippen LogP contribution in [0.15, 0.2) is 35.7 Å². The van der Waals surface area contributed by atoms with E-state index in [1.807, 2.05) is 18.2 Å². The van der Waals surface area contributed by atoms with Crippen LogP contribution in [-0.2, 0) is 0 Å². The zero-order chi connectivity index (χ0) is 8.65. The first-order valence-electron chi connectivity index (χ1n) is 3.51. The van der Waals surface area contributed by atoms with E-state index in [1.165, 1.54) is 0 Å². The number of nitrogens with zero attached hydrogens (tertiary/aromatic N) is 4. The molecule has 0 aliphatic carbocycles. The van der Waals surface area contributed by atoms with E-state index in [9.17, 15) is 0 Å². The zero-order valence-corrected chi connectivity index (χ0v) is 6.46. The monoisotopic (exact) mass is 160 g/mol. The molecule has 4 heteroatoms. The fraction of sp³-hybridized carbons (Fsp3) is 0.125. The minimum atomic E-state index is 0.380. The Balaban J connectivity index is 2.52. The average Bonchev–Trinajstić information content (AvgIpc) is 2.14. The van der Waals surface area contributed by atoms with E-state index in [4.69, 9.17) is 5.53 Å². The van der Waals surface area contributed by atoms with Crippen LogP contribution in [0.3, 0.4) is 0 Å². The molecule has 0 fully saturated rings. The molecule has 0 saturated heterocycles. The molecule has 1 aromatic rings. The first-order chi connectivity index (χ1) is 5.93. The van der Waals surface area contributed by atoms with Crippen molar-refractivity contribution in [2.24, 2.45) is 5.11 Å². The van der Waals surface area contributed by atoms with Gasteiger partial charge in [0.05, 0.1) is 0 Å². The third kappa shape index (κ3) is 2.86. The largest absolute Gasteiger partial charge is 0.264 e. The lowest BCUT2D eigenvalue weighted by Gasteiger charge is -1.87. The SMILES string of the molecule is [N-]=[N+]=NCC=Cc1cccnc1. The molecular weight excluding hydrogens is 152 g/mol. The topological polar surface area (TPSA) is 61.7 Å². The van der Waals surface area contributed by atoms with Gasteiger partial charge in [-0.25, -0.2) is 0 Å². The van der Waals surface area contributed by atoms with Crippen LogP contribution < -0.4 is 0 Å². The van der Waals surface area contributed by atoms with Gasteiger partial charge < -0.3 is 0 Å². The fourth-order valence-corrected chi connectivity index (χ4v) is 0.747. The van der Waals surface area contributed by atoms with Gasteiger partial charge in [-0.05, 0) is 17.2 Å². The number of rotatable bonds is 3. The summed E-state index contributed by atoms with van der Waals surface area (Å²) in [6.45, 7) is 0.380. The molecule has 1 rings (SSSR count). The van der Waals surface area contributed by atoms with Gasteiger partial charge in [0.15, 0.2) is 0 Å². The Morgan fingerprint density at radius 1 is 1.67 bits per heavy atom. The Morgan fingerprint density at radius 2 is 2.58 bits per heavy atom. The molecule has 0 aliphatic rings. The smallest absolute Gasteiger partial charge is 0.0443 e. The molecule has 0 amide bonds. The van der Waals surface area contributed by atoms with Crippen molar-refractivity contribution in [2.75, 3.05) is 6.54 Å². The molecule has 0 aromatic carbocycles. The van der Waals surface area contributed by atoms with Crippen LogP contribution in [0.5, 0.6) is 0 Å². The van der Waals surface area contributed by atoms with Gasteiger partial charge >= 0.3 is 0 Å². The highest BCUT2D eigenvalue weighted by atomic mass is 15.1. The summed E-state index contributed by atoms with van der Waals surface area (Å²) in [7, 11) is 0. The summed E-state index contributed by atoms with van der Waals surface area (Å²) in [4.78, 5) is 6.55. The quantitative estimate of drug-likeness (QED) is 0.380. The summed E-state index contributed by atoms with van der Waals surface area (Å²) >= 11 is 0. The number of azide groups is 1. The maximum atomic E-state index is 7.98. The van der Waals surface area contributed by atoms with Crippen molar-refractivity contribution in [1.29, 1.82) is 0 Å². The van der Waals surface area contributed by atoms with Gasteiger partial charge in [0, 0.05) is 23.9 Å². The second kappa shape index (κ2) is 4.93. The number of hydrogen-bond acceptors (Lipinski definition) is 2. The summed E-state index contributed by atoms with van der Waals surface area (Å²) in [5.74, 6) is 0. The molecule has 60 valence electrons. The van der Waals surface area contributed by atoms with E-state index >= 15 is 0 Å². The molecule has 0 bridgehead atoms. The van der Waals surface area contributed by atoms with Crippen molar-refractivity contribution < 1.29 is 0 Å². The van der Waals surface area contributed by atoms with Gasteiger partial charge in [-0.3, -0.25) is 4.98 Å². The third-order valence-corrected chi connectivity index (χ3v) is 1.25. The minimum absolute atomic E-state index is 0.380.